The molecule has 0 aliphatic heterocycles. The Bertz CT molecular complexity index is 601. The molecule has 0 unspecified atom stereocenters. The Balaban J connectivity index is 2.09. The summed E-state index contributed by atoms with van der Waals surface area (Å²) in [4.78, 5) is 0. The molecule has 1 aromatic carbocycles. The third kappa shape index (κ3) is 2.08. The summed E-state index contributed by atoms with van der Waals surface area (Å²) in [6, 6.07) is 5.41. The summed E-state index contributed by atoms with van der Waals surface area (Å²) >= 11 is 5.93. The predicted octanol–water partition coefficient (Wildman–Crippen LogP) is 2.86. The molecule has 1 aliphatic rings. The Kier molecular flexibility index (Phi) is 2.93. The van der Waals surface area contributed by atoms with Gasteiger partial charge in [-0.3, -0.25) is 0 Å². The lowest BCUT2D eigenvalue weighted by Gasteiger charge is -2.24. The summed E-state index contributed by atoms with van der Waals surface area (Å²) in [5, 5.41) is 12.8. The quantitative estimate of drug-likeness (QED) is 0.857. The van der Waals surface area contributed by atoms with E-state index in [9.17, 15) is 0 Å². The summed E-state index contributed by atoms with van der Waals surface area (Å²) in [5.41, 5.74) is 7.46. The maximum Gasteiger partial charge on any atom is 0.184 e. The molecule has 0 spiro atoms. The van der Waals surface area contributed by atoms with E-state index in [1.807, 2.05) is 16.8 Å². The van der Waals surface area contributed by atoms with Crippen molar-refractivity contribution >= 4 is 17.3 Å². The van der Waals surface area contributed by atoms with Crippen molar-refractivity contribution in [2.45, 2.75) is 38.1 Å². The molecule has 0 atom stereocenters. The number of hydrogen-bond acceptors (Lipinski definition) is 4. The minimum Gasteiger partial charge on any atom is -0.398 e. The van der Waals surface area contributed by atoms with E-state index in [4.69, 9.17) is 17.3 Å². The first-order chi connectivity index (χ1) is 9.10. The summed E-state index contributed by atoms with van der Waals surface area (Å²) < 4.78 is 1.92. The predicted molar refractivity (Wildman–Crippen MR) is 74.8 cm³/mol. The maximum absolute atomic E-state index is 6.03. The van der Waals surface area contributed by atoms with Gasteiger partial charge in [-0.1, -0.05) is 24.4 Å². The van der Waals surface area contributed by atoms with Crippen molar-refractivity contribution in [3.8, 4) is 11.4 Å². The zero-order chi connectivity index (χ0) is 13.5. The van der Waals surface area contributed by atoms with Gasteiger partial charge in [0, 0.05) is 16.3 Å². The molecular weight excluding hydrogens is 262 g/mol. The number of halogens is 1. The number of benzene rings is 1. The number of tetrazole rings is 1. The highest BCUT2D eigenvalue weighted by molar-refractivity contribution is 6.31. The average Bonchev–Trinajstić information content (AvgIpc) is 2.98. The first-order valence-electron chi connectivity index (χ1n) is 6.44. The summed E-state index contributed by atoms with van der Waals surface area (Å²) in [7, 11) is 0. The lowest BCUT2D eigenvalue weighted by atomic mass is 10.0. The van der Waals surface area contributed by atoms with Crippen molar-refractivity contribution < 1.29 is 0 Å². The fourth-order valence-electron chi connectivity index (χ4n) is 2.80. The van der Waals surface area contributed by atoms with Crippen molar-refractivity contribution in [3.63, 3.8) is 0 Å². The second kappa shape index (κ2) is 4.49. The lowest BCUT2D eigenvalue weighted by molar-refractivity contribution is 0.293. The molecule has 2 N–H and O–H groups in total. The minimum absolute atomic E-state index is 0.00902. The van der Waals surface area contributed by atoms with Crippen molar-refractivity contribution in [2.75, 3.05) is 5.73 Å². The third-order valence-corrected chi connectivity index (χ3v) is 4.15. The normalized spacial score (nSPS) is 17.8. The zero-order valence-corrected chi connectivity index (χ0v) is 11.6. The number of anilines is 1. The molecule has 1 heterocycles. The van der Waals surface area contributed by atoms with Gasteiger partial charge in [0.05, 0.1) is 5.54 Å². The van der Waals surface area contributed by atoms with Crippen LogP contribution >= 0.6 is 11.6 Å². The average molecular weight is 278 g/mol. The van der Waals surface area contributed by atoms with Crippen LogP contribution in [0.25, 0.3) is 11.4 Å². The fraction of sp³-hybridized carbons (Fsp3) is 0.462. The van der Waals surface area contributed by atoms with Crippen molar-refractivity contribution in [2.24, 2.45) is 0 Å². The van der Waals surface area contributed by atoms with Gasteiger partial charge in [0.15, 0.2) is 5.82 Å². The van der Waals surface area contributed by atoms with Crippen LogP contribution in [0.2, 0.25) is 5.02 Å². The number of hydrogen-bond donors (Lipinski definition) is 1. The van der Waals surface area contributed by atoms with E-state index in [1.165, 1.54) is 12.8 Å². The van der Waals surface area contributed by atoms with E-state index < -0.39 is 0 Å². The molecule has 100 valence electrons. The van der Waals surface area contributed by atoms with Crippen molar-refractivity contribution in [1.82, 2.24) is 20.2 Å². The van der Waals surface area contributed by atoms with Gasteiger partial charge < -0.3 is 5.73 Å². The first-order valence-corrected chi connectivity index (χ1v) is 6.82. The van der Waals surface area contributed by atoms with Gasteiger partial charge in [-0.2, -0.15) is 0 Å². The lowest BCUT2D eigenvalue weighted by Crippen LogP contribution is -2.28. The molecule has 19 heavy (non-hydrogen) atoms. The molecule has 0 bridgehead atoms. The van der Waals surface area contributed by atoms with Crippen LogP contribution in [0.5, 0.6) is 0 Å². The van der Waals surface area contributed by atoms with Crippen LogP contribution < -0.4 is 5.73 Å². The summed E-state index contributed by atoms with van der Waals surface area (Å²) in [5.74, 6) is 0.721. The van der Waals surface area contributed by atoms with Crippen LogP contribution in [0.3, 0.4) is 0 Å². The second-order valence-electron chi connectivity index (χ2n) is 5.35. The van der Waals surface area contributed by atoms with Gasteiger partial charge in [0.1, 0.15) is 0 Å². The van der Waals surface area contributed by atoms with E-state index in [1.54, 1.807) is 6.07 Å². The minimum atomic E-state index is -0.00902. The zero-order valence-electron chi connectivity index (χ0n) is 10.8. The van der Waals surface area contributed by atoms with E-state index in [0.29, 0.717) is 10.7 Å². The van der Waals surface area contributed by atoms with Crippen LogP contribution in [-0.2, 0) is 5.54 Å². The Morgan fingerprint density at radius 2 is 2.05 bits per heavy atom. The number of aromatic nitrogens is 4. The van der Waals surface area contributed by atoms with Gasteiger partial charge in [-0.05, 0) is 48.4 Å². The van der Waals surface area contributed by atoms with Crippen molar-refractivity contribution in [1.29, 1.82) is 0 Å². The Hall–Kier alpha value is -1.62. The molecule has 3 rings (SSSR count). The molecule has 0 amide bonds. The monoisotopic (exact) mass is 277 g/mol. The Morgan fingerprint density at radius 1 is 1.32 bits per heavy atom. The molecule has 0 saturated heterocycles. The number of nitrogens with zero attached hydrogens (tertiary/aromatic N) is 4. The highest BCUT2D eigenvalue weighted by atomic mass is 35.5. The highest BCUT2D eigenvalue weighted by Gasteiger charge is 2.34. The summed E-state index contributed by atoms with van der Waals surface area (Å²) in [6.45, 7) is 2.20. The molecule has 2 aromatic rings. The highest BCUT2D eigenvalue weighted by Crippen LogP contribution is 2.38. The molecule has 0 radical (unpaired) electrons. The van der Waals surface area contributed by atoms with Gasteiger partial charge in [-0.15, -0.1) is 5.10 Å². The van der Waals surface area contributed by atoms with Gasteiger partial charge in [-0.25, -0.2) is 4.68 Å². The second-order valence-corrected chi connectivity index (χ2v) is 5.79. The Morgan fingerprint density at radius 3 is 2.74 bits per heavy atom. The molecule has 1 saturated carbocycles. The topological polar surface area (TPSA) is 69.6 Å². The standard InChI is InChI=1S/C13H16ClN5/c1-13(6-2-3-7-13)19-12(16-17-18-19)10-5-4-9(14)8-11(10)15/h4-5,8H,2-3,6-7,15H2,1H3. The number of nitrogen functional groups attached to an aromatic ring is 1. The van der Waals surface area contributed by atoms with E-state index in [2.05, 4.69) is 22.4 Å². The number of nitrogens with two attached hydrogens (primary N) is 1. The smallest absolute Gasteiger partial charge is 0.184 e. The molecule has 1 fully saturated rings. The molecule has 5 nitrogen and oxygen atoms in total. The molecule has 1 aromatic heterocycles. The van der Waals surface area contributed by atoms with Crippen LogP contribution in [0.15, 0.2) is 18.2 Å². The fourth-order valence-corrected chi connectivity index (χ4v) is 2.98. The van der Waals surface area contributed by atoms with Crippen LogP contribution in [0.1, 0.15) is 32.6 Å². The van der Waals surface area contributed by atoms with Gasteiger partial charge in [0.2, 0.25) is 0 Å². The Labute approximate surface area is 116 Å². The molecular formula is C13H16ClN5. The van der Waals surface area contributed by atoms with Crippen LogP contribution in [-0.4, -0.2) is 20.2 Å². The SMILES string of the molecule is CC1(n2nnnc2-c2ccc(Cl)cc2N)CCCC1. The maximum atomic E-state index is 6.03. The molecule has 6 heteroatoms. The van der Waals surface area contributed by atoms with Crippen LogP contribution in [0.4, 0.5) is 5.69 Å². The van der Waals surface area contributed by atoms with E-state index >= 15 is 0 Å². The van der Waals surface area contributed by atoms with Crippen LogP contribution in [0, 0.1) is 0 Å². The number of rotatable bonds is 2. The first kappa shape index (κ1) is 12.4. The third-order valence-electron chi connectivity index (χ3n) is 3.92. The van der Waals surface area contributed by atoms with Gasteiger partial charge in [0.25, 0.3) is 0 Å². The largest absolute Gasteiger partial charge is 0.398 e. The van der Waals surface area contributed by atoms with E-state index in [0.717, 1.165) is 24.2 Å². The molecule has 1 aliphatic carbocycles. The van der Waals surface area contributed by atoms with Crippen molar-refractivity contribution in [3.05, 3.63) is 23.2 Å². The summed E-state index contributed by atoms with van der Waals surface area (Å²) in [6.07, 6.45) is 4.62. The van der Waals surface area contributed by atoms with Gasteiger partial charge >= 0.3 is 0 Å². The van der Waals surface area contributed by atoms with E-state index in [-0.39, 0.29) is 5.54 Å².